The summed E-state index contributed by atoms with van der Waals surface area (Å²) in [4.78, 5) is 26.8. The molecule has 0 saturated heterocycles. The monoisotopic (exact) mass is 353 g/mol. The van der Waals surface area contributed by atoms with Crippen molar-refractivity contribution in [3.8, 4) is 11.5 Å². The standard InChI is InChI=1S/C19H15NO6/c1-24-16-5-3-2-4-14(16)18-20-15(19(23)26-18)10-12-6-8-13(9-7-12)25-11-17(21)22/h2-10H,11H2,1H3,(H,21,22)/b15-10-. The molecule has 0 aromatic heterocycles. The minimum absolute atomic E-state index is 0.158. The second-order valence-electron chi connectivity index (χ2n) is 5.29. The van der Waals surface area contributed by atoms with Crippen LogP contribution >= 0.6 is 0 Å². The number of rotatable bonds is 6. The summed E-state index contributed by atoms with van der Waals surface area (Å²) in [6.07, 6.45) is 1.58. The Morgan fingerprint density at radius 1 is 1.19 bits per heavy atom. The second kappa shape index (κ2) is 7.52. The number of aliphatic imine (C=N–C) groups is 1. The summed E-state index contributed by atoms with van der Waals surface area (Å²) in [5, 5.41) is 8.59. The van der Waals surface area contributed by atoms with Gasteiger partial charge in [0.1, 0.15) is 11.5 Å². The Balaban J connectivity index is 1.81. The van der Waals surface area contributed by atoms with Crippen molar-refractivity contribution in [2.45, 2.75) is 0 Å². The predicted molar refractivity (Wildman–Crippen MR) is 93.2 cm³/mol. The molecule has 0 fully saturated rings. The van der Waals surface area contributed by atoms with Crippen LogP contribution in [0.1, 0.15) is 11.1 Å². The van der Waals surface area contributed by atoms with E-state index in [4.69, 9.17) is 19.3 Å². The van der Waals surface area contributed by atoms with Crippen LogP contribution in [0.25, 0.3) is 6.08 Å². The van der Waals surface area contributed by atoms with Crippen LogP contribution in [0.5, 0.6) is 11.5 Å². The summed E-state index contributed by atoms with van der Waals surface area (Å²) in [5.41, 5.74) is 1.44. The van der Waals surface area contributed by atoms with Gasteiger partial charge in [0, 0.05) is 0 Å². The Bertz CT molecular complexity index is 899. The first-order valence-corrected chi connectivity index (χ1v) is 7.67. The summed E-state index contributed by atoms with van der Waals surface area (Å²) in [6.45, 7) is -0.417. The molecule has 0 bridgehead atoms. The molecular formula is C19H15NO6. The van der Waals surface area contributed by atoms with Crippen LogP contribution in [-0.2, 0) is 14.3 Å². The van der Waals surface area contributed by atoms with Gasteiger partial charge in [0.15, 0.2) is 12.3 Å². The number of carboxylic acid groups (broad SMARTS) is 1. The molecule has 1 heterocycles. The van der Waals surface area contributed by atoms with E-state index in [1.54, 1.807) is 48.5 Å². The molecular weight excluding hydrogens is 338 g/mol. The molecule has 7 nitrogen and oxygen atoms in total. The number of carbonyl (C=O) groups excluding carboxylic acids is 1. The van der Waals surface area contributed by atoms with Gasteiger partial charge in [-0.15, -0.1) is 0 Å². The molecule has 1 N–H and O–H groups in total. The summed E-state index contributed by atoms with van der Waals surface area (Å²) in [5.74, 6) is -0.456. The number of hydrogen-bond acceptors (Lipinski definition) is 6. The van der Waals surface area contributed by atoms with Crippen molar-refractivity contribution in [1.82, 2.24) is 0 Å². The van der Waals surface area contributed by atoms with Crippen molar-refractivity contribution in [2.24, 2.45) is 4.99 Å². The largest absolute Gasteiger partial charge is 0.496 e. The molecule has 7 heteroatoms. The van der Waals surface area contributed by atoms with Crippen molar-refractivity contribution in [1.29, 1.82) is 0 Å². The quantitative estimate of drug-likeness (QED) is 0.633. The fraction of sp³-hybridized carbons (Fsp3) is 0.105. The third-order valence-corrected chi connectivity index (χ3v) is 3.50. The molecule has 0 aliphatic carbocycles. The van der Waals surface area contributed by atoms with E-state index >= 15 is 0 Å². The third-order valence-electron chi connectivity index (χ3n) is 3.50. The highest BCUT2D eigenvalue weighted by atomic mass is 16.6. The first kappa shape index (κ1) is 17.2. The normalized spacial score (nSPS) is 14.7. The van der Waals surface area contributed by atoms with Crippen molar-refractivity contribution < 1.29 is 28.9 Å². The summed E-state index contributed by atoms with van der Waals surface area (Å²) < 4.78 is 15.5. The van der Waals surface area contributed by atoms with E-state index in [1.807, 2.05) is 6.07 Å². The number of methoxy groups -OCH3 is 1. The van der Waals surface area contributed by atoms with E-state index in [2.05, 4.69) is 4.99 Å². The van der Waals surface area contributed by atoms with Gasteiger partial charge in [-0.05, 0) is 35.9 Å². The number of nitrogens with zero attached hydrogens (tertiary/aromatic N) is 1. The Morgan fingerprint density at radius 3 is 2.62 bits per heavy atom. The topological polar surface area (TPSA) is 94.4 Å². The molecule has 1 aliphatic rings. The third kappa shape index (κ3) is 3.89. The van der Waals surface area contributed by atoms with Crippen LogP contribution in [0.2, 0.25) is 0 Å². The minimum Gasteiger partial charge on any atom is -0.496 e. The molecule has 0 radical (unpaired) electrons. The van der Waals surface area contributed by atoms with Crippen molar-refractivity contribution in [2.75, 3.05) is 13.7 Å². The maximum absolute atomic E-state index is 12.1. The van der Waals surface area contributed by atoms with Crippen LogP contribution in [-0.4, -0.2) is 36.7 Å². The number of carboxylic acids is 1. The van der Waals surface area contributed by atoms with E-state index in [-0.39, 0.29) is 11.6 Å². The number of esters is 1. The molecule has 26 heavy (non-hydrogen) atoms. The fourth-order valence-electron chi connectivity index (χ4n) is 2.31. The molecule has 2 aromatic carbocycles. The number of cyclic esters (lactones) is 1. The van der Waals surface area contributed by atoms with Gasteiger partial charge < -0.3 is 19.3 Å². The number of ether oxygens (including phenoxy) is 3. The molecule has 0 atom stereocenters. The first-order valence-electron chi connectivity index (χ1n) is 7.67. The number of hydrogen-bond donors (Lipinski definition) is 1. The molecule has 1 aliphatic heterocycles. The second-order valence-corrected chi connectivity index (χ2v) is 5.29. The summed E-state index contributed by atoms with van der Waals surface area (Å²) >= 11 is 0. The van der Waals surface area contributed by atoms with Gasteiger partial charge in [-0.2, -0.15) is 0 Å². The minimum atomic E-state index is -1.05. The van der Waals surface area contributed by atoms with Crippen molar-refractivity contribution in [3.63, 3.8) is 0 Å². The van der Waals surface area contributed by atoms with Gasteiger partial charge >= 0.3 is 11.9 Å². The van der Waals surface area contributed by atoms with Crippen LogP contribution in [0, 0.1) is 0 Å². The molecule has 3 rings (SSSR count). The average molecular weight is 353 g/mol. The zero-order valence-corrected chi connectivity index (χ0v) is 13.8. The number of benzene rings is 2. The van der Waals surface area contributed by atoms with Gasteiger partial charge in [0.05, 0.1) is 12.7 Å². The average Bonchev–Trinajstić information content (AvgIpc) is 3.01. The number of carbonyl (C=O) groups is 2. The SMILES string of the molecule is COc1ccccc1C1=N/C(=C\c2ccc(OCC(=O)O)cc2)C(=O)O1. The first-order chi connectivity index (χ1) is 12.6. The highest BCUT2D eigenvalue weighted by Crippen LogP contribution is 2.25. The number of para-hydroxylation sites is 1. The van der Waals surface area contributed by atoms with E-state index in [0.29, 0.717) is 22.6 Å². The van der Waals surface area contributed by atoms with Gasteiger partial charge in [0.25, 0.3) is 0 Å². The Hall–Kier alpha value is -3.61. The Labute approximate surface area is 149 Å². The lowest BCUT2D eigenvalue weighted by Gasteiger charge is -2.05. The number of aliphatic carboxylic acids is 1. The molecule has 0 saturated carbocycles. The van der Waals surface area contributed by atoms with Gasteiger partial charge in [-0.1, -0.05) is 24.3 Å². The van der Waals surface area contributed by atoms with Gasteiger partial charge in [0.2, 0.25) is 5.90 Å². The maximum atomic E-state index is 12.1. The molecule has 132 valence electrons. The lowest BCUT2D eigenvalue weighted by atomic mass is 10.2. The lowest BCUT2D eigenvalue weighted by molar-refractivity contribution is -0.139. The zero-order chi connectivity index (χ0) is 18.5. The Morgan fingerprint density at radius 2 is 1.92 bits per heavy atom. The molecule has 0 spiro atoms. The van der Waals surface area contributed by atoms with E-state index in [9.17, 15) is 9.59 Å². The van der Waals surface area contributed by atoms with E-state index < -0.39 is 18.5 Å². The van der Waals surface area contributed by atoms with Crippen molar-refractivity contribution in [3.05, 3.63) is 65.4 Å². The zero-order valence-electron chi connectivity index (χ0n) is 13.8. The molecule has 0 unspecified atom stereocenters. The summed E-state index contributed by atoms with van der Waals surface area (Å²) in [7, 11) is 1.53. The van der Waals surface area contributed by atoms with E-state index in [1.165, 1.54) is 7.11 Å². The summed E-state index contributed by atoms with van der Waals surface area (Å²) in [6, 6.07) is 13.7. The van der Waals surface area contributed by atoms with Crippen molar-refractivity contribution >= 4 is 23.9 Å². The Kier molecular flexibility index (Phi) is 4.98. The maximum Gasteiger partial charge on any atom is 0.363 e. The van der Waals surface area contributed by atoms with Crippen LogP contribution < -0.4 is 9.47 Å². The van der Waals surface area contributed by atoms with Crippen LogP contribution in [0.4, 0.5) is 0 Å². The highest BCUT2D eigenvalue weighted by molar-refractivity contribution is 6.13. The van der Waals surface area contributed by atoms with Gasteiger partial charge in [-0.3, -0.25) is 0 Å². The predicted octanol–water partition coefficient (Wildman–Crippen LogP) is 2.50. The fourth-order valence-corrected chi connectivity index (χ4v) is 2.31. The smallest absolute Gasteiger partial charge is 0.363 e. The lowest BCUT2D eigenvalue weighted by Crippen LogP contribution is -2.09. The highest BCUT2D eigenvalue weighted by Gasteiger charge is 2.26. The molecule has 0 amide bonds. The van der Waals surface area contributed by atoms with Crippen LogP contribution in [0.3, 0.4) is 0 Å². The van der Waals surface area contributed by atoms with E-state index in [0.717, 1.165) is 0 Å². The van der Waals surface area contributed by atoms with Gasteiger partial charge in [-0.25, -0.2) is 14.6 Å². The molecule has 2 aromatic rings. The van der Waals surface area contributed by atoms with Crippen LogP contribution in [0.15, 0.2) is 59.2 Å².